The van der Waals surface area contributed by atoms with Crippen LogP contribution in [0.5, 0.6) is 11.5 Å². The van der Waals surface area contributed by atoms with Gasteiger partial charge in [0.1, 0.15) is 0 Å². The first-order chi connectivity index (χ1) is 18.0. The summed E-state index contributed by atoms with van der Waals surface area (Å²) in [6, 6.07) is 23.4. The molecule has 0 aliphatic carbocycles. The molecule has 37 heavy (non-hydrogen) atoms. The van der Waals surface area contributed by atoms with Crippen LogP contribution in [-0.4, -0.2) is 30.8 Å². The Balaban J connectivity index is 1.58. The third-order valence-corrected chi connectivity index (χ3v) is 6.38. The van der Waals surface area contributed by atoms with Gasteiger partial charge in [-0.05, 0) is 60.2 Å². The summed E-state index contributed by atoms with van der Waals surface area (Å²) in [6.07, 6.45) is 3.58. The van der Waals surface area contributed by atoms with Crippen LogP contribution in [0.25, 0.3) is 22.2 Å². The number of nitrogens with zero attached hydrogens (tertiary/aromatic N) is 2. The summed E-state index contributed by atoms with van der Waals surface area (Å²) in [5.74, 6) is 1.49. The molecule has 0 aliphatic rings. The number of carbonyl (C=O) groups excluding carboxylic acids is 1. The second kappa shape index (κ2) is 12.2. The lowest BCUT2D eigenvalue weighted by atomic mass is 9.96. The lowest BCUT2D eigenvalue weighted by molar-refractivity contribution is 0.0956. The van der Waals surface area contributed by atoms with E-state index < -0.39 is 0 Å². The summed E-state index contributed by atoms with van der Waals surface area (Å²) in [5, 5.41) is 4.97. The number of aromatic nitrogens is 1. The summed E-state index contributed by atoms with van der Waals surface area (Å²) in [4.78, 5) is 18.0. The number of carbonyl (C=O) groups is 1. The van der Waals surface area contributed by atoms with Gasteiger partial charge in [-0.15, -0.1) is 0 Å². The van der Waals surface area contributed by atoms with E-state index in [1.54, 1.807) is 13.3 Å². The van der Waals surface area contributed by atoms with Crippen molar-refractivity contribution in [3.63, 3.8) is 0 Å². The van der Waals surface area contributed by atoms with Crippen LogP contribution in [0.2, 0.25) is 0 Å². The molecule has 1 heterocycles. The van der Waals surface area contributed by atoms with Crippen LogP contribution in [0.1, 0.15) is 61.0 Å². The van der Waals surface area contributed by atoms with E-state index in [9.17, 15) is 4.79 Å². The van der Waals surface area contributed by atoms with Crippen molar-refractivity contribution in [2.75, 3.05) is 13.7 Å². The van der Waals surface area contributed by atoms with Gasteiger partial charge < -0.3 is 9.47 Å². The maximum atomic E-state index is 13.2. The minimum Gasteiger partial charge on any atom is -0.493 e. The number of methoxy groups -OCH3 is 1. The van der Waals surface area contributed by atoms with Crippen molar-refractivity contribution in [2.45, 2.75) is 39.5 Å². The van der Waals surface area contributed by atoms with Gasteiger partial charge in [0.15, 0.2) is 11.5 Å². The number of ether oxygens (including phenoxy) is 2. The number of hydrogen-bond donors (Lipinski definition) is 1. The Morgan fingerprint density at radius 3 is 2.54 bits per heavy atom. The molecule has 1 aromatic heterocycles. The maximum absolute atomic E-state index is 13.2. The van der Waals surface area contributed by atoms with Crippen molar-refractivity contribution in [1.82, 2.24) is 10.4 Å². The summed E-state index contributed by atoms with van der Waals surface area (Å²) < 4.78 is 11.1. The van der Waals surface area contributed by atoms with Gasteiger partial charge in [0.05, 0.1) is 36.7 Å². The van der Waals surface area contributed by atoms with Gasteiger partial charge in [0, 0.05) is 10.9 Å². The Hall–Kier alpha value is -4.19. The fraction of sp³-hybridized carbons (Fsp3) is 0.258. The first kappa shape index (κ1) is 25.9. The van der Waals surface area contributed by atoms with E-state index in [-0.39, 0.29) is 5.91 Å². The van der Waals surface area contributed by atoms with Crippen LogP contribution in [0, 0.1) is 0 Å². The molecule has 0 spiro atoms. The van der Waals surface area contributed by atoms with Crippen LogP contribution in [0.3, 0.4) is 0 Å². The summed E-state index contributed by atoms with van der Waals surface area (Å²) in [6.45, 7) is 7.07. The van der Waals surface area contributed by atoms with Crippen LogP contribution in [-0.2, 0) is 0 Å². The van der Waals surface area contributed by atoms with Crippen molar-refractivity contribution < 1.29 is 14.3 Å². The molecule has 1 atom stereocenters. The molecule has 6 heteroatoms. The van der Waals surface area contributed by atoms with Gasteiger partial charge in [0.2, 0.25) is 0 Å². The minimum atomic E-state index is -0.304. The van der Waals surface area contributed by atoms with Gasteiger partial charge in [0.25, 0.3) is 5.91 Å². The van der Waals surface area contributed by atoms with E-state index in [1.165, 1.54) is 5.56 Å². The molecular weight excluding hydrogens is 462 g/mol. The molecule has 0 bridgehead atoms. The minimum absolute atomic E-state index is 0.304. The average Bonchev–Trinajstić information content (AvgIpc) is 2.95. The maximum Gasteiger partial charge on any atom is 0.272 e. The number of para-hydroxylation sites is 1. The van der Waals surface area contributed by atoms with E-state index >= 15 is 0 Å². The average molecular weight is 496 g/mol. The zero-order chi connectivity index (χ0) is 26.2. The number of hydrazone groups is 1. The Bertz CT molecular complexity index is 1400. The Morgan fingerprint density at radius 2 is 1.81 bits per heavy atom. The molecular formula is C31H33N3O3. The quantitative estimate of drug-likeness (QED) is 0.190. The third-order valence-electron chi connectivity index (χ3n) is 6.38. The van der Waals surface area contributed by atoms with Gasteiger partial charge in [-0.3, -0.25) is 4.79 Å². The van der Waals surface area contributed by atoms with E-state index in [4.69, 9.17) is 14.5 Å². The van der Waals surface area contributed by atoms with E-state index in [0.717, 1.165) is 40.6 Å². The van der Waals surface area contributed by atoms with Crippen LogP contribution < -0.4 is 14.9 Å². The molecule has 0 saturated carbocycles. The largest absolute Gasteiger partial charge is 0.493 e. The van der Waals surface area contributed by atoms with E-state index in [1.807, 2.05) is 48.5 Å². The van der Waals surface area contributed by atoms with Crippen molar-refractivity contribution in [3.05, 3.63) is 89.5 Å². The van der Waals surface area contributed by atoms with Gasteiger partial charge in [-0.2, -0.15) is 5.10 Å². The second-order valence-electron chi connectivity index (χ2n) is 8.96. The summed E-state index contributed by atoms with van der Waals surface area (Å²) in [5.41, 5.74) is 7.73. The molecule has 0 saturated heterocycles. The van der Waals surface area contributed by atoms with Gasteiger partial charge >= 0.3 is 0 Å². The lowest BCUT2D eigenvalue weighted by Crippen LogP contribution is -2.18. The highest BCUT2D eigenvalue weighted by Gasteiger charge is 2.14. The predicted octanol–water partition coefficient (Wildman–Crippen LogP) is 6.98. The highest BCUT2D eigenvalue weighted by molar-refractivity contribution is 6.07. The first-order valence-electron chi connectivity index (χ1n) is 12.7. The van der Waals surface area contributed by atoms with Crippen LogP contribution in [0.15, 0.2) is 77.9 Å². The molecule has 0 radical (unpaired) electrons. The molecule has 4 aromatic rings. The van der Waals surface area contributed by atoms with Crippen molar-refractivity contribution in [2.24, 2.45) is 5.10 Å². The monoisotopic (exact) mass is 495 g/mol. The molecule has 6 nitrogen and oxygen atoms in total. The zero-order valence-electron chi connectivity index (χ0n) is 21.8. The number of pyridine rings is 1. The van der Waals surface area contributed by atoms with Crippen molar-refractivity contribution in [3.8, 4) is 22.8 Å². The van der Waals surface area contributed by atoms with E-state index in [0.29, 0.717) is 29.6 Å². The number of benzene rings is 3. The Labute approximate surface area is 218 Å². The third kappa shape index (κ3) is 6.15. The predicted molar refractivity (Wildman–Crippen MR) is 150 cm³/mol. The number of nitrogens with one attached hydrogen (secondary N) is 1. The number of rotatable bonds is 10. The Morgan fingerprint density at radius 1 is 1.03 bits per heavy atom. The molecule has 4 rings (SSSR count). The summed E-state index contributed by atoms with van der Waals surface area (Å²) >= 11 is 0. The zero-order valence-corrected chi connectivity index (χ0v) is 21.8. The molecule has 1 N–H and O–H groups in total. The van der Waals surface area contributed by atoms with Crippen molar-refractivity contribution in [1.29, 1.82) is 0 Å². The van der Waals surface area contributed by atoms with Gasteiger partial charge in [-0.25, -0.2) is 10.4 Å². The normalized spacial score (nSPS) is 12.0. The van der Waals surface area contributed by atoms with Crippen LogP contribution in [0.4, 0.5) is 0 Å². The Kier molecular flexibility index (Phi) is 8.52. The topological polar surface area (TPSA) is 72.8 Å². The molecule has 190 valence electrons. The number of fused-ring (bicyclic) bond motifs is 1. The number of amides is 1. The first-order valence-corrected chi connectivity index (χ1v) is 12.7. The fourth-order valence-corrected chi connectivity index (χ4v) is 4.05. The lowest BCUT2D eigenvalue weighted by Gasteiger charge is -2.12. The molecule has 3 aromatic carbocycles. The van der Waals surface area contributed by atoms with Crippen LogP contribution >= 0.6 is 0 Å². The van der Waals surface area contributed by atoms with E-state index in [2.05, 4.69) is 55.6 Å². The standard InChI is InChI=1S/C31H33N3O3/c1-5-17-37-29-16-11-22(18-30(29)36-4)20-32-34-31(35)26-19-28(33-27-10-8-7-9-25(26)27)24-14-12-23(13-15-24)21(3)6-2/h7-16,18-21H,5-6,17H2,1-4H3,(H,34,35)/t21-/m1/s1. The molecule has 0 unspecified atom stereocenters. The second-order valence-corrected chi connectivity index (χ2v) is 8.96. The number of hydrogen-bond acceptors (Lipinski definition) is 5. The molecule has 1 amide bonds. The molecule has 0 fully saturated rings. The highest BCUT2D eigenvalue weighted by Crippen LogP contribution is 2.28. The fourth-order valence-electron chi connectivity index (χ4n) is 4.05. The summed E-state index contributed by atoms with van der Waals surface area (Å²) in [7, 11) is 1.60. The van der Waals surface area contributed by atoms with Gasteiger partial charge in [-0.1, -0.05) is 63.2 Å². The molecule has 0 aliphatic heterocycles. The van der Waals surface area contributed by atoms with Crippen molar-refractivity contribution >= 4 is 23.0 Å². The highest BCUT2D eigenvalue weighted by atomic mass is 16.5. The smallest absolute Gasteiger partial charge is 0.272 e. The SMILES string of the molecule is CCCOc1ccc(C=NNC(=O)c2cc(-c3ccc([C@H](C)CC)cc3)nc3ccccc23)cc1OC.